The maximum Gasteiger partial charge on any atom is 0.302 e. The molecular weight excluding hydrogens is 230 g/mol. The number of ether oxygens (including phenoxy) is 1. The standard InChI is InChI=1S/C13H19N3O2/c1-9-7-11(14)8-15-13(9)16-5-3-12(4-6-16)18-10(2)17/h7-8,12H,3-6,14H2,1-2H3. The Balaban J connectivity index is 1.99. The van der Waals surface area contributed by atoms with Crippen molar-refractivity contribution in [3.8, 4) is 0 Å². The highest BCUT2D eigenvalue weighted by atomic mass is 16.5. The number of pyridine rings is 1. The van der Waals surface area contributed by atoms with Crippen LogP contribution in [0.3, 0.4) is 0 Å². The first-order valence-corrected chi connectivity index (χ1v) is 6.20. The number of aromatic nitrogens is 1. The molecule has 0 radical (unpaired) electrons. The van der Waals surface area contributed by atoms with Crippen LogP contribution in [0.2, 0.25) is 0 Å². The fourth-order valence-corrected chi connectivity index (χ4v) is 2.34. The van der Waals surface area contributed by atoms with Gasteiger partial charge in [-0.2, -0.15) is 0 Å². The molecule has 1 aromatic rings. The number of nitrogens with zero attached hydrogens (tertiary/aromatic N) is 2. The summed E-state index contributed by atoms with van der Waals surface area (Å²) in [5.41, 5.74) is 7.47. The fraction of sp³-hybridized carbons (Fsp3) is 0.538. The lowest BCUT2D eigenvalue weighted by atomic mass is 10.1. The number of esters is 1. The van der Waals surface area contributed by atoms with Gasteiger partial charge in [-0.05, 0) is 18.6 Å². The molecule has 0 bridgehead atoms. The predicted molar refractivity (Wildman–Crippen MR) is 70.4 cm³/mol. The predicted octanol–water partition coefficient (Wildman–Crippen LogP) is 1.50. The molecule has 1 aliphatic heterocycles. The summed E-state index contributed by atoms with van der Waals surface area (Å²) in [5.74, 6) is 0.778. The molecular formula is C13H19N3O2. The Morgan fingerprint density at radius 1 is 1.50 bits per heavy atom. The first-order valence-electron chi connectivity index (χ1n) is 6.20. The number of aryl methyl sites for hydroxylation is 1. The number of nitrogen functional groups attached to an aromatic ring is 1. The molecule has 0 amide bonds. The van der Waals surface area contributed by atoms with E-state index < -0.39 is 0 Å². The molecule has 2 heterocycles. The van der Waals surface area contributed by atoms with Gasteiger partial charge < -0.3 is 15.4 Å². The van der Waals surface area contributed by atoms with Crippen molar-refractivity contribution < 1.29 is 9.53 Å². The molecule has 98 valence electrons. The molecule has 0 saturated carbocycles. The van der Waals surface area contributed by atoms with Crippen molar-refractivity contribution in [2.75, 3.05) is 23.7 Å². The van der Waals surface area contributed by atoms with Gasteiger partial charge in [0.1, 0.15) is 11.9 Å². The lowest BCUT2D eigenvalue weighted by Crippen LogP contribution is -2.38. The third-order valence-corrected chi connectivity index (χ3v) is 3.15. The molecule has 18 heavy (non-hydrogen) atoms. The molecule has 0 spiro atoms. The first-order chi connectivity index (χ1) is 8.56. The Labute approximate surface area is 107 Å². The molecule has 1 aromatic heterocycles. The number of piperidine rings is 1. The summed E-state index contributed by atoms with van der Waals surface area (Å²) in [4.78, 5) is 17.5. The van der Waals surface area contributed by atoms with Gasteiger partial charge in [0.15, 0.2) is 0 Å². The average Bonchev–Trinajstić information content (AvgIpc) is 2.30. The number of carbonyl (C=O) groups excluding carboxylic acids is 1. The average molecular weight is 249 g/mol. The minimum atomic E-state index is -0.199. The summed E-state index contributed by atoms with van der Waals surface area (Å²) in [5, 5.41) is 0. The molecule has 2 N–H and O–H groups in total. The van der Waals surface area contributed by atoms with Crippen LogP contribution in [0.1, 0.15) is 25.3 Å². The highest BCUT2D eigenvalue weighted by Gasteiger charge is 2.22. The molecule has 0 atom stereocenters. The minimum Gasteiger partial charge on any atom is -0.462 e. The monoisotopic (exact) mass is 249 g/mol. The Bertz CT molecular complexity index is 440. The second-order valence-corrected chi connectivity index (χ2v) is 4.70. The van der Waals surface area contributed by atoms with Gasteiger partial charge in [-0.1, -0.05) is 0 Å². The third-order valence-electron chi connectivity index (χ3n) is 3.15. The van der Waals surface area contributed by atoms with Crippen molar-refractivity contribution >= 4 is 17.5 Å². The molecule has 1 fully saturated rings. The van der Waals surface area contributed by atoms with E-state index in [9.17, 15) is 4.79 Å². The highest BCUT2D eigenvalue weighted by Crippen LogP contribution is 2.23. The second kappa shape index (κ2) is 5.25. The first kappa shape index (κ1) is 12.7. The number of carbonyl (C=O) groups is 1. The van der Waals surface area contributed by atoms with E-state index in [1.165, 1.54) is 6.92 Å². The SMILES string of the molecule is CC(=O)OC1CCN(c2ncc(N)cc2C)CC1. The van der Waals surface area contributed by atoms with E-state index in [0.29, 0.717) is 5.69 Å². The summed E-state index contributed by atoms with van der Waals surface area (Å²) in [6.45, 7) is 5.18. The van der Waals surface area contributed by atoms with Gasteiger partial charge in [0.25, 0.3) is 0 Å². The van der Waals surface area contributed by atoms with Crippen LogP contribution in [0.5, 0.6) is 0 Å². The van der Waals surface area contributed by atoms with Crippen LogP contribution >= 0.6 is 0 Å². The zero-order valence-corrected chi connectivity index (χ0v) is 10.8. The number of hydrogen-bond acceptors (Lipinski definition) is 5. The highest BCUT2D eigenvalue weighted by molar-refractivity contribution is 5.66. The molecule has 0 aliphatic carbocycles. The van der Waals surface area contributed by atoms with Crippen molar-refractivity contribution in [2.24, 2.45) is 0 Å². The quantitative estimate of drug-likeness (QED) is 0.804. The Kier molecular flexibility index (Phi) is 3.69. The van der Waals surface area contributed by atoms with Crippen molar-refractivity contribution in [1.29, 1.82) is 0 Å². The van der Waals surface area contributed by atoms with Gasteiger partial charge in [0, 0.05) is 32.9 Å². The van der Waals surface area contributed by atoms with E-state index in [2.05, 4.69) is 9.88 Å². The van der Waals surface area contributed by atoms with Crippen LogP contribution in [0.4, 0.5) is 11.5 Å². The lowest BCUT2D eigenvalue weighted by molar-refractivity contribution is -0.147. The van der Waals surface area contributed by atoms with Crippen molar-refractivity contribution in [3.05, 3.63) is 17.8 Å². The fourth-order valence-electron chi connectivity index (χ4n) is 2.34. The number of nitrogens with two attached hydrogens (primary N) is 1. The van der Waals surface area contributed by atoms with Crippen LogP contribution in [0.15, 0.2) is 12.3 Å². The molecule has 2 rings (SSSR count). The van der Waals surface area contributed by atoms with Crippen LogP contribution in [-0.2, 0) is 9.53 Å². The van der Waals surface area contributed by atoms with E-state index in [1.807, 2.05) is 13.0 Å². The van der Waals surface area contributed by atoms with Gasteiger partial charge in [-0.15, -0.1) is 0 Å². The maximum atomic E-state index is 10.9. The molecule has 1 saturated heterocycles. The third kappa shape index (κ3) is 2.91. The number of rotatable bonds is 2. The van der Waals surface area contributed by atoms with Crippen LogP contribution < -0.4 is 10.6 Å². The number of hydrogen-bond donors (Lipinski definition) is 1. The van der Waals surface area contributed by atoms with Gasteiger partial charge in [-0.25, -0.2) is 4.98 Å². The van der Waals surface area contributed by atoms with Crippen LogP contribution in [0.25, 0.3) is 0 Å². The molecule has 0 aromatic carbocycles. The summed E-state index contributed by atoms with van der Waals surface area (Å²) < 4.78 is 5.22. The van der Waals surface area contributed by atoms with E-state index >= 15 is 0 Å². The molecule has 1 aliphatic rings. The Hall–Kier alpha value is -1.78. The van der Waals surface area contributed by atoms with Gasteiger partial charge in [0.2, 0.25) is 0 Å². The van der Waals surface area contributed by atoms with Gasteiger partial charge >= 0.3 is 5.97 Å². The van der Waals surface area contributed by atoms with Crippen LogP contribution in [0, 0.1) is 6.92 Å². The maximum absolute atomic E-state index is 10.9. The van der Waals surface area contributed by atoms with E-state index in [1.54, 1.807) is 6.20 Å². The minimum absolute atomic E-state index is 0.0489. The summed E-state index contributed by atoms with van der Waals surface area (Å²) in [6, 6.07) is 1.93. The Morgan fingerprint density at radius 2 is 2.17 bits per heavy atom. The molecule has 5 heteroatoms. The van der Waals surface area contributed by atoms with Crippen molar-refractivity contribution in [2.45, 2.75) is 32.8 Å². The smallest absolute Gasteiger partial charge is 0.302 e. The summed E-state index contributed by atoms with van der Waals surface area (Å²) >= 11 is 0. The van der Waals surface area contributed by atoms with Gasteiger partial charge in [0.05, 0.1) is 11.9 Å². The van der Waals surface area contributed by atoms with Crippen molar-refractivity contribution in [3.63, 3.8) is 0 Å². The lowest BCUT2D eigenvalue weighted by Gasteiger charge is -2.33. The Morgan fingerprint density at radius 3 is 2.72 bits per heavy atom. The topological polar surface area (TPSA) is 68.5 Å². The molecule has 0 unspecified atom stereocenters. The largest absolute Gasteiger partial charge is 0.462 e. The van der Waals surface area contributed by atoms with E-state index in [4.69, 9.17) is 10.5 Å². The number of anilines is 2. The zero-order valence-electron chi connectivity index (χ0n) is 10.8. The normalized spacial score (nSPS) is 16.7. The molecule has 5 nitrogen and oxygen atoms in total. The van der Waals surface area contributed by atoms with E-state index in [-0.39, 0.29) is 12.1 Å². The zero-order chi connectivity index (χ0) is 13.1. The van der Waals surface area contributed by atoms with Gasteiger partial charge in [-0.3, -0.25) is 4.79 Å². The van der Waals surface area contributed by atoms with E-state index in [0.717, 1.165) is 37.3 Å². The van der Waals surface area contributed by atoms with Crippen LogP contribution in [-0.4, -0.2) is 30.1 Å². The summed E-state index contributed by atoms with van der Waals surface area (Å²) in [7, 11) is 0. The van der Waals surface area contributed by atoms with Crippen molar-refractivity contribution in [1.82, 2.24) is 4.98 Å². The second-order valence-electron chi connectivity index (χ2n) is 4.70. The summed E-state index contributed by atoms with van der Waals surface area (Å²) in [6.07, 6.45) is 3.43.